The zero-order valence-electron chi connectivity index (χ0n) is 17.6. The van der Waals surface area contributed by atoms with E-state index in [4.69, 9.17) is 11.6 Å². The Kier molecular flexibility index (Phi) is 5.76. The molecule has 1 fully saturated rings. The number of benzene rings is 1. The summed E-state index contributed by atoms with van der Waals surface area (Å²) in [6.07, 6.45) is 4.05. The van der Waals surface area contributed by atoms with E-state index in [-0.39, 0.29) is 22.0 Å². The third-order valence-electron chi connectivity index (χ3n) is 5.34. The Labute approximate surface area is 187 Å². The molecule has 0 bridgehead atoms. The van der Waals surface area contributed by atoms with Crippen LogP contribution in [-0.2, 0) is 15.4 Å². The molecular formula is C21H25ClN6O2S. The molecule has 0 radical (unpaired) electrons. The average molecular weight is 461 g/mol. The van der Waals surface area contributed by atoms with Crippen LogP contribution in [0.1, 0.15) is 38.8 Å². The van der Waals surface area contributed by atoms with Crippen LogP contribution in [0.15, 0.2) is 47.8 Å². The number of anilines is 1. The molecule has 1 atom stereocenters. The smallest absolute Gasteiger partial charge is 0.261 e. The lowest BCUT2D eigenvalue weighted by Crippen LogP contribution is -2.17. The van der Waals surface area contributed by atoms with Crippen LogP contribution in [0.5, 0.6) is 0 Å². The Morgan fingerprint density at radius 3 is 2.61 bits per heavy atom. The highest BCUT2D eigenvalue weighted by atomic mass is 35.5. The fourth-order valence-electron chi connectivity index (χ4n) is 3.59. The van der Waals surface area contributed by atoms with Crippen LogP contribution >= 0.6 is 11.6 Å². The van der Waals surface area contributed by atoms with Crippen molar-refractivity contribution in [3.8, 4) is 11.5 Å². The van der Waals surface area contributed by atoms with Crippen molar-refractivity contribution in [3.05, 3.63) is 53.4 Å². The molecule has 2 N–H and O–H groups in total. The van der Waals surface area contributed by atoms with Crippen LogP contribution in [0, 0.1) is 0 Å². The molecule has 164 valence electrons. The number of halogens is 1. The first kappa shape index (κ1) is 21.7. The van der Waals surface area contributed by atoms with Crippen molar-refractivity contribution in [2.24, 2.45) is 0 Å². The second-order valence-corrected chi connectivity index (χ2v) is 10.8. The van der Waals surface area contributed by atoms with Gasteiger partial charge in [-0.2, -0.15) is 0 Å². The van der Waals surface area contributed by atoms with Gasteiger partial charge in [-0.25, -0.2) is 13.4 Å². The van der Waals surface area contributed by atoms with Gasteiger partial charge >= 0.3 is 0 Å². The Balaban J connectivity index is 1.70. The molecule has 10 heteroatoms. The number of pyridine rings is 1. The highest BCUT2D eigenvalue weighted by Gasteiger charge is 2.25. The number of hydrogen-bond donors (Lipinski definition) is 2. The monoisotopic (exact) mass is 460 g/mol. The third kappa shape index (κ3) is 4.58. The largest absolute Gasteiger partial charge is 0.315 e. The van der Waals surface area contributed by atoms with Crippen molar-refractivity contribution in [2.75, 3.05) is 17.8 Å². The minimum Gasteiger partial charge on any atom is -0.315 e. The minimum atomic E-state index is -3.86. The summed E-state index contributed by atoms with van der Waals surface area (Å²) in [5.74, 6) is 0.492. The Bertz CT molecular complexity index is 1180. The van der Waals surface area contributed by atoms with Gasteiger partial charge in [-0.3, -0.25) is 4.72 Å². The molecule has 2 aromatic heterocycles. The van der Waals surface area contributed by atoms with Gasteiger partial charge < -0.3 is 9.88 Å². The van der Waals surface area contributed by atoms with Gasteiger partial charge in [0.2, 0.25) is 0 Å². The molecule has 0 unspecified atom stereocenters. The lowest BCUT2D eigenvalue weighted by atomic mass is 9.87. The van der Waals surface area contributed by atoms with Gasteiger partial charge in [0.25, 0.3) is 10.0 Å². The number of nitrogens with zero attached hydrogens (tertiary/aromatic N) is 4. The van der Waals surface area contributed by atoms with Crippen LogP contribution in [0.25, 0.3) is 11.5 Å². The molecule has 3 aromatic rings. The van der Waals surface area contributed by atoms with Crippen LogP contribution in [0.3, 0.4) is 0 Å². The van der Waals surface area contributed by atoms with Gasteiger partial charge in [-0.1, -0.05) is 44.5 Å². The van der Waals surface area contributed by atoms with Gasteiger partial charge in [0.1, 0.15) is 12.0 Å². The number of hydrogen-bond acceptors (Lipinski definition) is 6. The van der Waals surface area contributed by atoms with Crippen molar-refractivity contribution in [1.82, 2.24) is 25.1 Å². The standard InChI is InChI=1S/C21H25ClN6O2S/c1-21(2,3)14-4-6-17(7-5-14)31(29,30)27-18-10-15(22)11-24-19(18)20-26-25-13-28(20)16-8-9-23-12-16/h4-7,10-11,13,16,23,27H,8-9,12H2,1-3H3/t16-/m0/s1. The van der Waals surface area contributed by atoms with Gasteiger partial charge in [-0.05, 0) is 42.1 Å². The molecule has 1 aromatic carbocycles. The van der Waals surface area contributed by atoms with Crippen LogP contribution in [0.2, 0.25) is 5.02 Å². The quantitative estimate of drug-likeness (QED) is 0.602. The summed E-state index contributed by atoms with van der Waals surface area (Å²) in [4.78, 5) is 4.53. The molecule has 0 amide bonds. The van der Waals surface area contributed by atoms with Crippen molar-refractivity contribution >= 4 is 27.3 Å². The lowest BCUT2D eigenvalue weighted by molar-refractivity contribution is 0.549. The second kappa shape index (κ2) is 8.22. The zero-order valence-corrected chi connectivity index (χ0v) is 19.2. The fourth-order valence-corrected chi connectivity index (χ4v) is 4.80. The second-order valence-electron chi connectivity index (χ2n) is 8.64. The maximum atomic E-state index is 13.1. The summed E-state index contributed by atoms with van der Waals surface area (Å²) in [5, 5.41) is 11.9. The number of aromatic nitrogens is 4. The van der Waals surface area contributed by atoms with Crippen LogP contribution in [0.4, 0.5) is 5.69 Å². The molecule has 8 nitrogen and oxygen atoms in total. The molecule has 0 aliphatic carbocycles. The molecule has 0 saturated carbocycles. The third-order valence-corrected chi connectivity index (χ3v) is 6.93. The summed E-state index contributed by atoms with van der Waals surface area (Å²) in [6, 6.07) is 8.58. The predicted molar refractivity (Wildman–Crippen MR) is 121 cm³/mol. The normalized spacial score (nSPS) is 17.1. The first-order chi connectivity index (χ1) is 14.6. The van der Waals surface area contributed by atoms with E-state index < -0.39 is 10.0 Å². The van der Waals surface area contributed by atoms with Gasteiger partial charge in [-0.15, -0.1) is 10.2 Å². The highest BCUT2D eigenvalue weighted by molar-refractivity contribution is 7.92. The summed E-state index contributed by atoms with van der Waals surface area (Å²) in [5.41, 5.74) is 1.62. The van der Waals surface area contributed by atoms with Crippen molar-refractivity contribution in [1.29, 1.82) is 0 Å². The maximum Gasteiger partial charge on any atom is 0.261 e. The van der Waals surface area contributed by atoms with Crippen molar-refractivity contribution in [2.45, 2.75) is 43.5 Å². The van der Waals surface area contributed by atoms with E-state index in [1.165, 1.54) is 12.3 Å². The van der Waals surface area contributed by atoms with Crippen molar-refractivity contribution in [3.63, 3.8) is 0 Å². The molecule has 1 aliphatic rings. The fraction of sp³-hybridized carbons (Fsp3) is 0.381. The topological polar surface area (TPSA) is 102 Å². The van der Waals surface area contributed by atoms with E-state index >= 15 is 0 Å². The van der Waals surface area contributed by atoms with E-state index in [0.29, 0.717) is 16.5 Å². The SMILES string of the molecule is CC(C)(C)c1ccc(S(=O)(=O)Nc2cc(Cl)cnc2-c2nncn2[C@H]2CCNC2)cc1. The van der Waals surface area contributed by atoms with E-state index in [1.807, 2.05) is 16.7 Å². The van der Waals surface area contributed by atoms with Crippen LogP contribution in [-0.4, -0.2) is 41.3 Å². The Morgan fingerprint density at radius 2 is 1.97 bits per heavy atom. The Morgan fingerprint density at radius 1 is 1.23 bits per heavy atom. The number of nitrogens with one attached hydrogen (secondary N) is 2. The maximum absolute atomic E-state index is 13.1. The van der Waals surface area contributed by atoms with Crippen LogP contribution < -0.4 is 10.0 Å². The molecule has 31 heavy (non-hydrogen) atoms. The Hall–Kier alpha value is -2.49. The zero-order chi connectivity index (χ0) is 22.2. The first-order valence-electron chi connectivity index (χ1n) is 10.0. The van der Waals surface area contributed by atoms with E-state index in [2.05, 4.69) is 46.0 Å². The summed E-state index contributed by atoms with van der Waals surface area (Å²) in [6.45, 7) is 7.93. The van der Waals surface area contributed by atoms with Gasteiger partial charge in [0.15, 0.2) is 5.82 Å². The summed E-state index contributed by atoms with van der Waals surface area (Å²) < 4.78 is 30.8. The molecular weight excluding hydrogens is 436 g/mol. The summed E-state index contributed by atoms with van der Waals surface area (Å²) >= 11 is 6.14. The number of sulfonamides is 1. The van der Waals surface area contributed by atoms with Crippen molar-refractivity contribution < 1.29 is 8.42 Å². The molecule has 1 saturated heterocycles. The number of rotatable bonds is 5. The first-order valence-corrected chi connectivity index (χ1v) is 11.9. The van der Waals surface area contributed by atoms with E-state index in [1.54, 1.807) is 18.5 Å². The van der Waals surface area contributed by atoms with E-state index in [0.717, 1.165) is 25.1 Å². The lowest BCUT2D eigenvalue weighted by Gasteiger charge is -2.19. The molecule has 4 rings (SSSR count). The van der Waals surface area contributed by atoms with Gasteiger partial charge in [0.05, 0.1) is 21.6 Å². The predicted octanol–water partition coefficient (Wildman–Crippen LogP) is 3.63. The minimum absolute atomic E-state index is 0.0705. The molecule has 1 aliphatic heterocycles. The van der Waals surface area contributed by atoms with Gasteiger partial charge in [0, 0.05) is 12.7 Å². The average Bonchev–Trinajstić information content (AvgIpc) is 3.39. The molecule has 3 heterocycles. The molecule has 0 spiro atoms. The summed E-state index contributed by atoms with van der Waals surface area (Å²) in [7, 11) is -3.86. The highest BCUT2D eigenvalue weighted by Crippen LogP contribution is 2.31. The van der Waals surface area contributed by atoms with E-state index in [9.17, 15) is 8.42 Å².